The van der Waals surface area contributed by atoms with Crippen molar-refractivity contribution in [2.24, 2.45) is 0 Å². The van der Waals surface area contributed by atoms with Crippen molar-refractivity contribution >= 4 is 12.0 Å². The Morgan fingerprint density at radius 3 is 2.50 bits per heavy atom. The number of carbonyl (C=O) groups is 2. The van der Waals surface area contributed by atoms with Crippen molar-refractivity contribution in [1.82, 2.24) is 15.5 Å². The van der Waals surface area contributed by atoms with Crippen molar-refractivity contribution in [3.63, 3.8) is 0 Å². The molecule has 0 rings (SSSR count). The molecule has 0 aromatic heterocycles. The number of rotatable bonds is 6. The van der Waals surface area contributed by atoms with Gasteiger partial charge in [-0.25, -0.2) is 4.79 Å². The van der Waals surface area contributed by atoms with Crippen LogP contribution in [0.25, 0.3) is 0 Å². The highest BCUT2D eigenvalue weighted by atomic mass is 16.5. The zero-order chi connectivity index (χ0) is 12.6. The van der Waals surface area contributed by atoms with Gasteiger partial charge >= 0.3 is 12.0 Å². The highest BCUT2D eigenvalue weighted by Gasteiger charge is 2.09. The minimum Gasteiger partial charge on any atom is -0.465 e. The zero-order valence-electron chi connectivity index (χ0n) is 10.4. The van der Waals surface area contributed by atoms with Crippen LogP contribution in [0.5, 0.6) is 0 Å². The molecule has 0 aliphatic carbocycles. The lowest BCUT2D eigenvalue weighted by atomic mass is 10.3. The summed E-state index contributed by atoms with van der Waals surface area (Å²) in [5.41, 5.74) is 0. The van der Waals surface area contributed by atoms with Crippen LogP contribution in [0, 0.1) is 0 Å². The monoisotopic (exact) mass is 231 g/mol. The normalized spacial score (nSPS) is 12.1. The van der Waals surface area contributed by atoms with E-state index in [1.165, 1.54) is 0 Å². The summed E-state index contributed by atoms with van der Waals surface area (Å²) >= 11 is 0. The van der Waals surface area contributed by atoms with Crippen LogP contribution in [-0.2, 0) is 9.53 Å². The Hall–Kier alpha value is -1.30. The minimum absolute atomic E-state index is 0.0252. The molecule has 1 unspecified atom stereocenters. The molecule has 0 saturated heterocycles. The molecule has 16 heavy (non-hydrogen) atoms. The third-order valence-corrected chi connectivity index (χ3v) is 1.72. The summed E-state index contributed by atoms with van der Waals surface area (Å²) in [7, 11) is 3.85. The molecule has 94 valence electrons. The highest BCUT2D eigenvalue weighted by molar-refractivity contribution is 5.80. The van der Waals surface area contributed by atoms with Crippen LogP contribution in [0.3, 0.4) is 0 Å². The fourth-order valence-corrected chi connectivity index (χ4v) is 1.23. The summed E-state index contributed by atoms with van der Waals surface area (Å²) in [5, 5.41) is 5.14. The van der Waals surface area contributed by atoms with Crippen LogP contribution >= 0.6 is 0 Å². The number of amides is 2. The lowest BCUT2D eigenvalue weighted by Gasteiger charge is -2.18. The molecule has 0 aromatic rings. The molecule has 1 atom stereocenters. The molecule has 0 saturated carbocycles. The molecule has 2 amide bonds. The topological polar surface area (TPSA) is 70.7 Å². The molecule has 0 aliphatic rings. The van der Waals surface area contributed by atoms with Gasteiger partial charge in [-0.2, -0.15) is 0 Å². The Morgan fingerprint density at radius 2 is 2.00 bits per heavy atom. The highest BCUT2D eigenvalue weighted by Crippen LogP contribution is 1.84. The first-order chi connectivity index (χ1) is 7.45. The third-order valence-electron chi connectivity index (χ3n) is 1.72. The average molecular weight is 231 g/mol. The largest absolute Gasteiger partial charge is 0.465 e. The van der Waals surface area contributed by atoms with Crippen molar-refractivity contribution in [2.45, 2.75) is 19.9 Å². The van der Waals surface area contributed by atoms with Gasteiger partial charge in [-0.3, -0.25) is 4.79 Å². The first-order valence-electron chi connectivity index (χ1n) is 5.30. The zero-order valence-corrected chi connectivity index (χ0v) is 10.4. The van der Waals surface area contributed by atoms with E-state index in [4.69, 9.17) is 0 Å². The predicted octanol–water partition coefficient (Wildman–Crippen LogP) is -0.201. The van der Waals surface area contributed by atoms with Crippen LogP contribution in [0.4, 0.5) is 4.79 Å². The van der Waals surface area contributed by atoms with Crippen molar-refractivity contribution in [3.05, 3.63) is 0 Å². The van der Waals surface area contributed by atoms with E-state index in [0.29, 0.717) is 6.61 Å². The second-order valence-corrected chi connectivity index (χ2v) is 3.80. The Balaban J connectivity index is 3.69. The van der Waals surface area contributed by atoms with E-state index in [0.717, 1.165) is 6.54 Å². The summed E-state index contributed by atoms with van der Waals surface area (Å²) in [5.74, 6) is -0.432. The molecular weight excluding hydrogens is 210 g/mol. The van der Waals surface area contributed by atoms with E-state index in [1.54, 1.807) is 6.92 Å². The van der Waals surface area contributed by atoms with Gasteiger partial charge in [0, 0.05) is 12.6 Å². The van der Waals surface area contributed by atoms with Gasteiger partial charge < -0.3 is 20.3 Å². The van der Waals surface area contributed by atoms with Gasteiger partial charge in [-0.05, 0) is 27.9 Å². The minimum atomic E-state index is -0.432. The average Bonchev–Trinajstić information content (AvgIpc) is 2.13. The quantitative estimate of drug-likeness (QED) is 0.621. The Bertz CT molecular complexity index is 231. The van der Waals surface area contributed by atoms with Gasteiger partial charge in [0.15, 0.2) is 0 Å². The fraction of sp³-hybridized carbons (Fsp3) is 0.800. The van der Waals surface area contributed by atoms with Crippen molar-refractivity contribution < 1.29 is 14.3 Å². The second-order valence-electron chi connectivity index (χ2n) is 3.80. The van der Waals surface area contributed by atoms with Crippen LogP contribution in [0.1, 0.15) is 13.8 Å². The molecular formula is C10H21N3O3. The number of nitrogens with one attached hydrogen (secondary N) is 2. The van der Waals surface area contributed by atoms with Gasteiger partial charge in [0.25, 0.3) is 0 Å². The number of likely N-dealkylation sites (N-methyl/N-ethyl adjacent to an activating group) is 1. The SMILES string of the molecule is CCOC(=O)CNC(=O)NC(C)CN(C)C. The number of carbonyl (C=O) groups excluding carboxylic acids is 2. The fourth-order valence-electron chi connectivity index (χ4n) is 1.23. The second kappa shape index (κ2) is 7.92. The molecule has 2 N–H and O–H groups in total. The van der Waals surface area contributed by atoms with Crippen molar-refractivity contribution in [1.29, 1.82) is 0 Å². The van der Waals surface area contributed by atoms with E-state index in [9.17, 15) is 9.59 Å². The van der Waals surface area contributed by atoms with E-state index < -0.39 is 5.97 Å². The van der Waals surface area contributed by atoms with E-state index in [-0.39, 0.29) is 18.6 Å². The van der Waals surface area contributed by atoms with Crippen molar-refractivity contribution in [2.75, 3.05) is 33.8 Å². The van der Waals surface area contributed by atoms with Gasteiger partial charge in [0.2, 0.25) is 0 Å². The summed E-state index contributed by atoms with van der Waals surface area (Å²) in [4.78, 5) is 24.2. The maximum atomic E-state index is 11.3. The van der Waals surface area contributed by atoms with E-state index in [1.807, 2.05) is 25.9 Å². The maximum Gasteiger partial charge on any atom is 0.325 e. The lowest BCUT2D eigenvalue weighted by molar-refractivity contribution is -0.141. The molecule has 0 bridgehead atoms. The van der Waals surface area contributed by atoms with Gasteiger partial charge in [0.05, 0.1) is 6.61 Å². The number of hydrogen-bond acceptors (Lipinski definition) is 4. The predicted molar refractivity (Wildman–Crippen MR) is 61.2 cm³/mol. The smallest absolute Gasteiger partial charge is 0.325 e. The van der Waals surface area contributed by atoms with Crippen LogP contribution < -0.4 is 10.6 Å². The number of ether oxygens (including phenoxy) is 1. The Kier molecular flexibility index (Phi) is 7.28. The molecule has 0 radical (unpaired) electrons. The molecule has 0 heterocycles. The maximum absolute atomic E-state index is 11.3. The molecule has 0 aliphatic heterocycles. The summed E-state index contributed by atoms with van der Waals surface area (Å²) in [6.45, 7) is 4.57. The molecule has 0 aromatic carbocycles. The third kappa shape index (κ3) is 8.05. The lowest BCUT2D eigenvalue weighted by Crippen LogP contribution is -2.46. The van der Waals surface area contributed by atoms with Crippen LogP contribution in [0.2, 0.25) is 0 Å². The standard InChI is InChI=1S/C10H21N3O3/c1-5-16-9(14)6-11-10(15)12-8(2)7-13(3)4/h8H,5-7H2,1-4H3,(H2,11,12,15). The van der Waals surface area contributed by atoms with Crippen LogP contribution in [-0.4, -0.2) is 56.7 Å². The number of urea groups is 1. The van der Waals surface area contributed by atoms with Gasteiger partial charge in [-0.15, -0.1) is 0 Å². The first-order valence-corrected chi connectivity index (χ1v) is 5.30. The number of esters is 1. The van der Waals surface area contributed by atoms with E-state index >= 15 is 0 Å². The Morgan fingerprint density at radius 1 is 1.38 bits per heavy atom. The molecule has 6 heteroatoms. The van der Waals surface area contributed by atoms with Gasteiger partial charge in [-0.1, -0.05) is 0 Å². The summed E-state index contributed by atoms with van der Waals surface area (Å²) < 4.78 is 4.67. The summed E-state index contributed by atoms with van der Waals surface area (Å²) in [6, 6.07) is -0.334. The van der Waals surface area contributed by atoms with Crippen molar-refractivity contribution in [3.8, 4) is 0 Å². The van der Waals surface area contributed by atoms with Crippen LogP contribution in [0.15, 0.2) is 0 Å². The molecule has 6 nitrogen and oxygen atoms in total. The molecule has 0 fully saturated rings. The summed E-state index contributed by atoms with van der Waals surface area (Å²) in [6.07, 6.45) is 0. The molecule has 0 spiro atoms. The number of hydrogen-bond donors (Lipinski definition) is 2. The van der Waals surface area contributed by atoms with E-state index in [2.05, 4.69) is 15.4 Å². The Labute approximate surface area is 96.3 Å². The first kappa shape index (κ1) is 14.7. The van der Waals surface area contributed by atoms with Gasteiger partial charge in [0.1, 0.15) is 6.54 Å². The number of nitrogens with zero attached hydrogens (tertiary/aromatic N) is 1.